The average molecular weight is 215 g/mol. The highest BCUT2D eigenvalue weighted by atomic mass is 32.1. The lowest BCUT2D eigenvalue weighted by atomic mass is 10.3. The summed E-state index contributed by atoms with van der Waals surface area (Å²) in [6.45, 7) is 1.63. The molecule has 1 N–H and O–H groups in total. The van der Waals surface area contributed by atoms with Crippen molar-refractivity contribution in [1.82, 2.24) is 4.98 Å². The molecule has 1 rings (SSSR count). The largest absolute Gasteiger partial charge is 0.479 e. The maximum absolute atomic E-state index is 11.2. The van der Waals surface area contributed by atoms with Crippen molar-refractivity contribution in [1.29, 1.82) is 0 Å². The molecule has 76 valence electrons. The van der Waals surface area contributed by atoms with Crippen molar-refractivity contribution in [2.24, 2.45) is 0 Å². The summed E-state index contributed by atoms with van der Waals surface area (Å²) in [4.78, 5) is 25.5. The van der Waals surface area contributed by atoms with Gasteiger partial charge in [0.25, 0.3) is 0 Å². The van der Waals surface area contributed by atoms with Crippen LogP contribution in [0.25, 0.3) is 0 Å². The zero-order valence-electron chi connectivity index (χ0n) is 7.47. The second kappa shape index (κ2) is 4.71. The fraction of sp³-hybridized carbons (Fsp3) is 0.375. The van der Waals surface area contributed by atoms with Crippen LogP contribution >= 0.6 is 11.3 Å². The molecular formula is C8H9NO4S. The van der Waals surface area contributed by atoms with E-state index in [0.717, 1.165) is 11.3 Å². The van der Waals surface area contributed by atoms with Crippen LogP contribution in [0.2, 0.25) is 0 Å². The number of hydrogen-bond donors (Lipinski definition) is 1. The van der Waals surface area contributed by atoms with E-state index in [4.69, 9.17) is 9.84 Å². The Morgan fingerprint density at radius 1 is 1.71 bits per heavy atom. The number of thiazole rings is 1. The number of carbonyl (C=O) groups is 2. The third-order valence-corrected chi connectivity index (χ3v) is 2.26. The molecule has 0 aromatic carbocycles. The van der Waals surface area contributed by atoms with Gasteiger partial charge in [-0.3, -0.25) is 0 Å². The lowest BCUT2D eigenvalue weighted by molar-refractivity contribution is -0.147. The van der Waals surface area contributed by atoms with E-state index in [1.54, 1.807) is 12.3 Å². The summed E-state index contributed by atoms with van der Waals surface area (Å²) in [7, 11) is 0. The van der Waals surface area contributed by atoms with Crippen molar-refractivity contribution in [3.63, 3.8) is 0 Å². The van der Waals surface area contributed by atoms with Gasteiger partial charge >= 0.3 is 11.9 Å². The minimum Gasteiger partial charge on any atom is -0.479 e. The number of esters is 1. The highest BCUT2D eigenvalue weighted by molar-refractivity contribution is 7.11. The number of rotatable bonds is 4. The molecular weight excluding hydrogens is 206 g/mol. The van der Waals surface area contributed by atoms with Gasteiger partial charge in [0.15, 0.2) is 6.10 Å². The molecule has 1 aromatic heterocycles. The summed E-state index contributed by atoms with van der Waals surface area (Å²) in [5.74, 6) is -1.83. The molecule has 1 atom stereocenters. The summed E-state index contributed by atoms with van der Waals surface area (Å²) in [6.07, 6.45) is 0.613. The number of nitrogens with zero attached hydrogens (tertiary/aromatic N) is 1. The standard InChI is InChI=1S/C8H9NO4S/c1-2-5(7(10)11)13-8(12)6-9-3-4-14-6/h3-5H,2H2,1H3,(H,10,11). The number of aliphatic carboxylic acids is 1. The number of aromatic nitrogens is 1. The highest BCUT2D eigenvalue weighted by Crippen LogP contribution is 2.09. The molecule has 1 unspecified atom stereocenters. The lowest BCUT2D eigenvalue weighted by Crippen LogP contribution is -2.26. The van der Waals surface area contributed by atoms with Crippen molar-refractivity contribution >= 4 is 23.3 Å². The molecule has 1 heterocycles. The maximum atomic E-state index is 11.2. The van der Waals surface area contributed by atoms with Crippen LogP contribution in [0.4, 0.5) is 0 Å². The maximum Gasteiger partial charge on any atom is 0.368 e. The first kappa shape index (κ1) is 10.6. The molecule has 14 heavy (non-hydrogen) atoms. The van der Waals surface area contributed by atoms with E-state index in [9.17, 15) is 9.59 Å². The summed E-state index contributed by atoms with van der Waals surface area (Å²) < 4.78 is 4.71. The summed E-state index contributed by atoms with van der Waals surface area (Å²) in [5, 5.41) is 10.4. The van der Waals surface area contributed by atoms with E-state index >= 15 is 0 Å². The fourth-order valence-electron chi connectivity index (χ4n) is 0.812. The first-order valence-corrected chi connectivity index (χ1v) is 4.86. The van der Waals surface area contributed by atoms with Gasteiger partial charge in [0, 0.05) is 11.6 Å². The molecule has 0 aliphatic carbocycles. The molecule has 0 amide bonds. The third kappa shape index (κ3) is 2.53. The number of carboxylic acids is 1. The Kier molecular flexibility index (Phi) is 3.58. The number of hydrogen-bond acceptors (Lipinski definition) is 5. The first-order chi connectivity index (χ1) is 6.65. The number of carbonyl (C=O) groups excluding carboxylic acids is 1. The fourth-order valence-corrected chi connectivity index (χ4v) is 1.33. The monoisotopic (exact) mass is 215 g/mol. The Morgan fingerprint density at radius 2 is 2.43 bits per heavy atom. The van der Waals surface area contributed by atoms with Gasteiger partial charge in [0.05, 0.1) is 0 Å². The van der Waals surface area contributed by atoms with Crippen LogP contribution < -0.4 is 0 Å². The smallest absolute Gasteiger partial charge is 0.368 e. The minimum absolute atomic E-state index is 0.171. The molecule has 0 bridgehead atoms. The van der Waals surface area contributed by atoms with Crippen LogP contribution in [0.5, 0.6) is 0 Å². The van der Waals surface area contributed by atoms with Crippen LogP contribution in [-0.4, -0.2) is 28.1 Å². The van der Waals surface area contributed by atoms with Gasteiger partial charge in [0.2, 0.25) is 5.01 Å². The minimum atomic E-state index is -1.14. The molecule has 5 nitrogen and oxygen atoms in total. The van der Waals surface area contributed by atoms with Gasteiger partial charge in [-0.2, -0.15) is 0 Å². The van der Waals surface area contributed by atoms with Gasteiger partial charge in [0.1, 0.15) is 0 Å². The van der Waals surface area contributed by atoms with Gasteiger partial charge in [-0.1, -0.05) is 6.92 Å². The molecule has 0 spiro atoms. The van der Waals surface area contributed by atoms with E-state index in [1.807, 2.05) is 0 Å². The van der Waals surface area contributed by atoms with E-state index in [2.05, 4.69) is 4.98 Å². The van der Waals surface area contributed by atoms with E-state index in [1.165, 1.54) is 6.20 Å². The first-order valence-electron chi connectivity index (χ1n) is 3.98. The predicted molar refractivity (Wildman–Crippen MR) is 49.2 cm³/mol. The number of ether oxygens (including phenoxy) is 1. The topological polar surface area (TPSA) is 76.5 Å². The van der Waals surface area contributed by atoms with Crippen molar-refractivity contribution in [3.05, 3.63) is 16.6 Å². The lowest BCUT2D eigenvalue weighted by Gasteiger charge is -2.09. The second-order valence-electron chi connectivity index (χ2n) is 2.48. The van der Waals surface area contributed by atoms with Crippen LogP contribution in [0.1, 0.15) is 23.1 Å². The molecule has 0 fully saturated rings. The normalized spacial score (nSPS) is 12.1. The zero-order chi connectivity index (χ0) is 10.6. The van der Waals surface area contributed by atoms with Crippen molar-refractivity contribution < 1.29 is 19.4 Å². The van der Waals surface area contributed by atoms with E-state index < -0.39 is 18.0 Å². The van der Waals surface area contributed by atoms with Gasteiger partial charge in [-0.15, -0.1) is 11.3 Å². The zero-order valence-corrected chi connectivity index (χ0v) is 8.28. The SMILES string of the molecule is CCC(OC(=O)c1nccs1)C(=O)O. The number of carboxylic acid groups (broad SMARTS) is 1. The van der Waals surface area contributed by atoms with Crippen molar-refractivity contribution in [2.75, 3.05) is 0 Å². The third-order valence-electron chi connectivity index (χ3n) is 1.50. The van der Waals surface area contributed by atoms with Gasteiger partial charge < -0.3 is 9.84 Å². The Morgan fingerprint density at radius 3 is 2.86 bits per heavy atom. The van der Waals surface area contributed by atoms with Crippen LogP contribution in [-0.2, 0) is 9.53 Å². The van der Waals surface area contributed by atoms with Crippen LogP contribution in [0, 0.1) is 0 Å². The molecule has 0 aliphatic rings. The van der Waals surface area contributed by atoms with Gasteiger partial charge in [-0.25, -0.2) is 14.6 Å². The van der Waals surface area contributed by atoms with Crippen molar-refractivity contribution in [2.45, 2.75) is 19.4 Å². The molecule has 6 heteroatoms. The average Bonchev–Trinajstić information content (AvgIpc) is 2.65. The molecule has 1 aromatic rings. The van der Waals surface area contributed by atoms with Gasteiger partial charge in [-0.05, 0) is 6.42 Å². The Hall–Kier alpha value is -1.43. The Balaban J connectivity index is 2.60. The quantitative estimate of drug-likeness (QED) is 0.763. The molecule has 0 saturated heterocycles. The molecule has 0 saturated carbocycles. The summed E-state index contributed by atoms with van der Waals surface area (Å²) >= 11 is 1.12. The predicted octanol–water partition coefficient (Wildman–Crippen LogP) is 1.16. The highest BCUT2D eigenvalue weighted by Gasteiger charge is 2.21. The van der Waals surface area contributed by atoms with Crippen LogP contribution in [0.15, 0.2) is 11.6 Å². The molecule has 0 aliphatic heterocycles. The summed E-state index contributed by atoms with van der Waals surface area (Å²) in [5.41, 5.74) is 0. The van der Waals surface area contributed by atoms with E-state index in [-0.39, 0.29) is 11.4 Å². The molecule has 0 radical (unpaired) electrons. The summed E-state index contributed by atoms with van der Waals surface area (Å²) in [6, 6.07) is 0. The Labute approximate surface area is 84.3 Å². The second-order valence-corrected chi connectivity index (χ2v) is 3.37. The van der Waals surface area contributed by atoms with E-state index in [0.29, 0.717) is 0 Å². The van der Waals surface area contributed by atoms with Crippen molar-refractivity contribution in [3.8, 4) is 0 Å². The Bertz CT molecular complexity index is 322. The van der Waals surface area contributed by atoms with Crippen LogP contribution in [0.3, 0.4) is 0 Å².